The number of likely N-dealkylation sites (N-methyl/N-ethyl adjacent to an activating group) is 2. The van der Waals surface area contributed by atoms with E-state index in [1.165, 1.54) is 6.07 Å². The standard InChI is InChI=1S/C15H23BrFN3/c1-11(14-8-12(16)4-5-15(14)17)18-9-13-10-19(2)6-7-20(13)3/h4-5,8,11,13,18H,6-7,9-10H2,1-3H3. The Morgan fingerprint density at radius 3 is 2.90 bits per heavy atom. The van der Waals surface area contributed by atoms with E-state index >= 15 is 0 Å². The Kier molecular flexibility index (Phi) is 5.55. The minimum absolute atomic E-state index is 0.00753. The van der Waals surface area contributed by atoms with Crippen LogP contribution >= 0.6 is 15.9 Å². The van der Waals surface area contributed by atoms with Crippen molar-refractivity contribution in [3.05, 3.63) is 34.1 Å². The van der Waals surface area contributed by atoms with Gasteiger partial charge in [0.25, 0.3) is 0 Å². The third-order valence-corrected chi connectivity index (χ3v) is 4.56. The van der Waals surface area contributed by atoms with Gasteiger partial charge in [0.05, 0.1) is 0 Å². The second-order valence-corrected chi connectivity index (χ2v) is 6.61. The number of benzene rings is 1. The van der Waals surface area contributed by atoms with Crippen molar-refractivity contribution in [1.29, 1.82) is 0 Å². The largest absolute Gasteiger partial charge is 0.308 e. The molecule has 0 saturated carbocycles. The van der Waals surface area contributed by atoms with Crippen LogP contribution in [0.2, 0.25) is 0 Å². The summed E-state index contributed by atoms with van der Waals surface area (Å²) in [6.45, 7) is 6.13. The lowest BCUT2D eigenvalue weighted by molar-refractivity contribution is 0.111. The molecule has 1 fully saturated rings. The smallest absolute Gasteiger partial charge is 0.128 e. The topological polar surface area (TPSA) is 18.5 Å². The van der Waals surface area contributed by atoms with E-state index in [4.69, 9.17) is 0 Å². The molecule has 0 aliphatic carbocycles. The third kappa shape index (κ3) is 4.01. The fraction of sp³-hybridized carbons (Fsp3) is 0.600. The molecule has 1 aliphatic heterocycles. The molecule has 5 heteroatoms. The lowest BCUT2D eigenvalue weighted by atomic mass is 10.1. The Morgan fingerprint density at radius 2 is 2.15 bits per heavy atom. The lowest BCUT2D eigenvalue weighted by Crippen LogP contribution is -2.53. The van der Waals surface area contributed by atoms with Crippen molar-refractivity contribution in [3.8, 4) is 0 Å². The number of hydrogen-bond donors (Lipinski definition) is 1. The summed E-state index contributed by atoms with van der Waals surface area (Å²) in [6.07, 6.45) is 0. The van der Waals surface area contributed by atoms with Crippen molar-refractivity contribution in [2.45, 2.75) is 19.0 Å². The number of rotatable bonds is 4. The number of piperazine rings is 1. The number of nitrogens with zero attached hydrogens (tertiary/aromatic N) is 2. The predicted molar refractivity (Wildman–Crippen MR) is 84.4 cm³/mol. The van der Waals surface area contributed by atoms with Crippen molar-refractivity contribution < 1.29 is 4.39 Å². The molecule has 0 aromatic heterocycles. The minimum atomic E-state index is -0.151. The van der Waals surface area contributed by atoms with Gasteiger partial charge in [-0.15, -0.1) is 0 Å². The van der Waals surface area contributed by atoms with E-state index in [1.807, 2.05) is 13.0 Å². The van der Waals surface area contributed by atoms with E-state index in [0.29, 0.717) is 11.6 Å². The average Bonchev–Trinajstić information content (AvgIpc) is 2.42. The Hall–Kier alpha value is -0.490. The van der Waals surface area contributed by atoms with Crippen LogP contribution in [-0.2, 0) is 0 Å². The van der Waals surface area contributed by atoms with E-state index in [2.05, 4.69) is 45.1 Å². The fourth-order valence-corrected chi connectivity index (χ4v) is 2.97. The summed E-state index contributed by atoms with van der Waals surface area (Å²) >= 11 is 3.40. The fourth-order valence-electron chi connectivity index (χ4n) is 2.59. The molecular weight excluding hydrogens is 321 g/mol. The summed E-state index contributed by atoms with van der Waals surface area (Å²) in [4.78, 5) is 4.72. The predicted octanol–water partition coefficient (Wildman–Crippen LogP) is 2.48. The zero-order valence-corrected chi connectivity index (χ0v) is 14.0. The van der Waals surface area contributed by atoms with Crippen LogP contribution in [0.25, 0.3) is 0 Å². The molecule has 2 unspecified atom stereocenters. The molecule has 20 heavy (non-hydrogen) atoms. The van der Waals surface area contributed by atoms with Gasteiger partial charge in [-0.05, 0) is 39.2 Å². The number of nitrogens with one attached hydrogen (secondary N) is 1. The summed E-state index contributed by atoms with van der Waals surface area (Å²) in [5.41, 5.74) is 0.714. The molecule has 0 radical (unpaired) electrons. The summed E-state index contributed by atoms with van der Waals surface area (Å²) in [6, 6.07) is 5.58. The highest BCUT2D eigenvalue weighted by Crippen LogP contribution is 2.21. The second-order valence-electron chi connectivity index (χ2n) is 5.69. The molecule has 112 valence electrons. The van der Waals surface area contributed by atoms with Crippen molar-refractivity contribution >= 4 is 15.9 Å². The second kappa shape index (κ2) is 6.98. The minimum Gasteiger partial charge on any atom is -0.308 e. The zero-order chi connectivity index (χ0) is 14.7. The van der Waals surface area contributed by atoms with Crippen LogP contribution in [0, 0.1) is 5.82 Å². The van der Waals surface area contributed by atoms with Crippen LogP contribution in [0.15, 0.2) is 22.7 Å². The number of hydrogen-bond acceptors (Lipinski definition) is 3. The van der Waals surface area contributed by atoms with Gasteiger partial charge in [-0.3, -0.25) is 4.90 Å². The van der Waals surface area contributed by atoms with E-state index in [1.54, 1.807) is 6.07 Å². The highest BCUT2D eigenvalue weighted by Gasteiger charge is 2.22. The zero-order valence-electron chi connectivity index (χ0n) is 12.4. The molecule has 0 spiro atoms. The number of halogens is 2. The van der Waals surface area contributed by atoms with Crippen LogP contribution in [0.4, 0.5) is 4.39 Å². The van der Waals surface area contributed by atoms with Gasteiger partial charge in [0.2, 0.25) is 0 Å². The van der Waals surface area contributed by atoms with Crippen LogP contribution in [0.1, 0.15) is 18.5 Å². The van der Waals surface area contributed by atoms with Gasteiger partial charge in [0, 0.05) is 48.3 Å². The first-order chi connectivity index (χ1) is 9.47. The average molecular weight is 344 g/mol. The third-order valence-electron chi connectivity index (χ3n) is 4.06. The lowest BCUT2D eigenvalue weighted by Gasteiger charge is -2.38. The SMILES string of the molecule is CC(NCC1CN(C)CCN1C)c1cc(Br)ccc1F. The van der Waals surface area contributed by atoms with Crippen molar-refractivity contribution in [2.75, 3.05) is 40.3 Å². The Bertz CT molecular complexity index is 455. The maximum Gasteiger partial charge on any atom is 0.128 e. The van der Waals surface area contributed by atoms with Gasteiger partial charge in [-0.2, -0.15) is 0 Å². The van der Waals surface area contributed by atoms with Crippen LogP contribution in [0.5, 0.6) is 0 Å². The van der Waals surface area contributed by atoms with E-state index in [-0.39, 0.29) is 11.9 Å². The maximum absolute atomic E-state index is 13.8. The molecule has 1 N–H and O–H groups in total. The Morgan fingerprint density at radius 1 is 1.40 bits per heavy atom. The summed E-state index contributed by atoms with van der Waals surface area (Å²) < 4.78 is 14.8. The van der Waals surface area contributed by atoms with Crippen molar-refractivity contribution in [2.24, 2.45) is 0 Å². The van der Waals surface area contributed by atoms with Gasteiger partial charge in [0.1, 0.15) is 5.82 Å². The van der Waals surface area contributed by atoms with Crippen molar-refractivity contribution in [1.82, 2.24) is 15.1 Å². The molecule has 0 amide bonds. The van der Waals surface area contributed by atoms with Crippen LogP contribution in [0.3, 0.4) is 0 Å². The van der Waals surface area contributed by atoms with E-state index in [0.717, 1.165) is 30.7 Å². The van der Waals surface area contributed by atoms with Gasteiger partial charge >= 0.3 is 0 Å². The first kappa shape index (κ1) is 15.9. The van der Waals surface area contributed by atoms with Crippen LogP contribution in [-0.4, -0.2) is 56.1 Å². The molecule has 1 aliphatic rings. The molecule has 1 heterocycles. The molecule has 1 aromatic carbocycles. The summed E-state index contributed by atoms with van der Waals surface area (Å²) in [7, 11) is 4.31. The molecule has 2 atom stereocenters. The normalized spacial score (nSPS) is 22.9. The maximum atomic E-state index is 13.8. The van der Waals surface area contributed by atoms with E-state index in [9.17, 15) is 4.39 Å². The first-order valence-corrected chi connectivity index (χ1v) is 7.84. The summed E-state index contributed by atoms with van der Waals surface area (Å²) in [5.74, 6) is -0.151. The highest BCUT2D eigenvalue weighted by atomic mass is 79.9. The van der Waals surface area contributed by atoms with Crippen LogP contribution < -0.4 is 5.32 Å². The Labute approximate surface area is 129 Å². The van der Waals surface area contributed by atoms with Gasteiger partial charge in [0.15, 0.2) is 0 Å². The van der Waals surface area contributed by atoms with Gasteiger partial charge < -0.3 is 10.2 Å². The molecule has 1 aromatic rings. The Balaban J connectivity index is 1.94. The van der Waals surface area contributed by atoms with Crippen molar-refractivity contribution in [3.63, 3.8) is 0 Å². The molecule has 0 bridgehead atoms. The monoisotopic (exact) mass is 343 g/mol. The highest BCUT2D eigenvalue weighted by molar-refractivity contribution is 9.10. The van der Waals surface area contributed by atoms with Gasteiger partial charge in [-0.25, -0.2) is 4.39 Å². The quantitative estimate of drug-likeness (QED) is 0.905. The molecule has 1 saturated heterocycles. The first-order valence-electron chi connectivity index (χ1n) is 7.04. The molecule has 3 nitrogen and oxygen atoms in total. The summed E-state index contributed by atoms with van der Waals surface area (Å²) in [5, 5.41) is 3.46. The van der Waals surface area contributed by atoms with E-state index < -0.39 is 0 Å². The molecule has 2 rings (SSSR count). The van der Waals surface area contributed by atoms with Gasteiger partial charge in [-0.1, -0.05) is 15.9 Å². The molecular formula is C15H23BrFN3.